The molecular formula is C22H17F5N2O3S. The maximum atomic E-state index is 13.5. The summed E-state index contributed by atoms with van der Waals surface area (Å²) in [5.41, 5.74) is -1.38. The first-order valence-corrected chi connectivity index (χ1v) is 10.9. The Balaban J connectivity index is 1.87. The number of halogens is 5. The SMILES string of the molecule is O=C(CN(Cc1ccccc1)S(=O)(=O)c1ccc(F)cc1)Nc1ccc(F)c(C(F)(F)F)c1. The number of alkyl halides is 3. The number of nitrogens with one attached hydrogen (secondary N) is 1. The predicted molar refractivity (Wildman–Crippen MR) is 110 cm³/mol. The number of carbonyl (C=O) groups is 1. The number of hydrogen-bond acceptors (Lipinski definition) is 3. The molecule has 0 bridgehead atoms. The van der Waals surface area contributed by atoms with E-state index >= 15 is 0 Å². The summed E-state index contributed by atoms with van der Waals surface area (Å²) in [6.07, 6.45) is -4.98. The number of carbonyl (C=O) groups excluding carboxylic acids is 1. The first kappa shape index (κ1) is 24.3. The molecule has 1 N–H and O–H groups in total. The van der Waals surface area contributed by atoms with Crippen LogP contribution in [0.4, 0.5) is 27.6 Å². The second kappa shape index (κ2) is 9.67. The number of rotatable bonds is 7. The van der Waals surface area contributed by atoms with Gasteiger partial charge in [0.15, 0.2) is 0 Å². The summed E-state index contributed by atoms with van der Waals surface area (Å²) >= 11 is 0. The van der Waals surface area contributed by atoms with Crippen LogP contribution in [0.3, 0.4) is 0 Å². The van der Waals surface area contributed by atoms with E-state index in [1.807, 2.05) is 0 Å². The first-order valence-electron chi connectivity index (χ1n) is 9.43. The molecule has 1 amide bonds. The van der Waals surface area contributed by atoms with Crippen LogP contribution < -0.4 is 5.32 Å². The second-order valence-corrected chi connectivity index (χ2v) is 8.89. The van der Waals surface area contributed by atoms with Gasteiger partial charge in [0.25, 0.3) is 0 Å². The van der Waals surface area contributed by atoms with Gasteiger partial charge in [0.2, 0.25) is 15.9 Å². The molecule has 0 aliphatic rings. The summed E-state index contributed by atoms with van der Waals surface area (Å²) in [4.78, 5) is 12.3. The quantitative estimate of drug-likeness (QED) is 0.490. The molecule has 3 aromatic rings. The minimum absolute atomic E-state index is 0.231. The Kier molecular flexibility index (Phi) is 7.13. The lowest BCUT2D eigenvalue weighted by molar-refractivity contribution is -0.140. The minimum atomic E-state index is -4.98. The van der Waals surface area contributed by atoms with E-state index in [1.165, 1.54) is 0 Å². The average molecular weight is 484 g/mol. The van der Waals surface area contributed by atoms with E-state index < -0.39 is 45.8 Å². The highest BCUT2D eigenvalue weighted by Crippen LogP contribution is 2.33. The van der Waals surface area contributed by atoms with Crippen molar-refractivity contribution in [1.82, 2.24) is 4.31 Å². The van der Waals surface area contributed by atoms with Crippen LogP contribution in [0.25, 0.3) is 0 Å². The van der Waals surface area contributed by atoms with E-state index in [4.69, 9.17) is 0 Å². The highest BCUT2D eigenvalue weighted by molar-refractivity contribution is 7.89. The Labute approximate surface area is 186 Å². The Morgan fingerprint density at radius 3 is 2.15 bits per heavy atom. The number of sulfonamides is 1. The van der Waals surface area contributed by atoms with E-state index in [1.54, 1.807) is 30.3 Å². The molecule has 0 heterocycles. The normalized spacial score (nSPS) is 12.1. The molecule has 5 nitrogen and oxygen atoms in total. The maximum Gasteiger partial charge on any atom is 0.419 e. The molecule has 0 spiro atoms. The van der Waals surface area contributed by atoms with Gasteiger partial charge in [0, 0.05) is 12.2 Å². The van der Waals surface area contributed by atoms with E-state index in [0.29, 0.717) is 17.7 Å². The van der Waals surface area contributed by atoms with E-state index in [2.05, 4.69) is 5.32 Å². The molecule has 0 aliphatic heterocycles. The van der Waals surface area contributed by atoms with Crippen molar-refractivity contribution in [3.8, 4) is 0 Å². The Bertz CT molecular complexity index is 1230. The number of anilines is 1. The topological polar surface area (TPSA) is 66.5 Å². The van der Waals surface area contributed by atoms with Crippen LogP contribution in [0, 0.1) is 11.6 Å². The standard InChI is InChI=1S/C22H17F5N2O3S/c23-16-6-9-18(10-7-16)33(31,32)29(13-15-4-2-1-3-5-15)14-21(30)28-17-8-11-20(24)19(12-17)22(25,26)27/h1-12H,13-14H2,(H,28,30). The third-order valence-corrected chi connectivity index (χ3v) is 6.33. The van der Waals surface area contributed by atoms with Crippen molar-refractivity contribution in [2.45, 2.75) is 17.6 Å². The third kappa shape index (κ3) is 6.14. The van der Waals surface area contributed by atoms with Gasteiger partial charge in [-0.3, -0.25) is 4.79 Å². The zero-order valence-corrected chi connectivity index (χ0v) is 17.6. The lowest BCUT2D eigenvalue weighted by Gasteiger charge is -2.22. The monoisotopic (exact) mass is 484 g/mol. The van der Waals surface area contributed by atoms with Crippen molar-refractivity contribution >= 4 is 21.6 Å². The second-order valence-electron chi connectivity index (χ2n) is 6.95. The minimum Gasteiger partial charge on any atom is -0.325 e. The maximum absolute atomic E-state index is 13.5. The smallest absolute Gasteiger partial charge is 0.325 e. The molecule has 11 heteroatoms. The highest BCUT2D eigenvalue weighted by atomic mass is 32.2. The average Bonchev–Trinajstić information content (AvgIpc) is 2.75. The van der Waals surface area contributed by atoms with Gasteiger partial charge in [-0.1, -0.05) is 30.3 Å². The van der Waals surface area contributed by atoms with Crippen LogP contribution in [-0.4, -0.2) is 25.2 Å². The van der Waals surface area contributed by atoms with Gasteiger partial charge in [-0.05, 0) is 48.0 Å². The van der Waals surface area contributed by atoms with Gasteiger partial charge < -0.3 is 5.32 Å². The molecule has 3 aromatic carbocycles. The van der Waals surface area contributed by atoms with E-state index in [-0.39, 0.29) is 17.1 Å². The molecule has 0 aromatic heterocycles. The lowest BCUT2D eigenvalue weighted by atomic mass is 10.2. The van der Waals surface area contributed by atoms with Crippen molar-refractivity contribution in [2.24, 2.45) is 0 Å². The molecule has 0 saturated heterocycles. The highest BCUT2D eigenvalue weighted by Gasteiger charge is 2.34. The molecule has 0 unspecified atom stereocenters. The molecule has 0 aliphatic carbocycles. The fourth-order valence-corrected chi connectivity index (χ4v) is 4.33. The molecular weight excluding hydrogens is 467 g/mol. The summed E-state index contributed by atoms with van der Waals surface area (Å²) in [6, 6.07) is 14.2. The number of nitrogens with zero attached hydrogens (tertiary/aromatic N) is 1. The number of amides is 1. The zero-order chi connectivity index (χ0) is 24.2. The molecule has 33 heavy (non-hydrogen) atoms. The molecule has 0 radical (unpaired) electrons. The van der Waals surface area contributed by atoms with E-state index in [0.717, 1.165) is 34.6 Å². The van der Waals surface area contributed by atoms with Crippen LogP contribution in [0.5, 0.6) is 0 Å². The van der Waals surface area contributed by atoms with Crippen molar-refractivity contribution < 1.29 is 35.2 Å². The lowest BCUT2D eigenvalue weighted by Crippen LogP contribution is -2.37. The van der Waals surface area contributed by atoms with Crippen molar-refractivity contribution in [2.75, 3.05) is 11.9 Å². The van der Waals surface area contributed by atoms with Crippen molar-refractivity contribution in [1.29, 1.82) is 0 Å². The Morgan fingerprint density at radius 2 is 1.55 bits per heavy atom. The zero-order valence-electron chi connectivity index (χ0n) is 16.8. The molecule has 3 rings (SSSR count). The molecule has 174 valence electrons. The van der Waals surface area contributed by atoms with Gasteiger partial charge in [-0.25, -0.2) is 17.2 Å². The Hall–Kier alpha value is -3.31. The fourth-order valence-electron chi connectivity index (χ4n) is 2.95. The summed E-state index contributed by atoms with van der Waals surface area (Å²) in [7, 11) is -4.28. The van der Waals surface area contributed by atoms with Crippen LogP contribution in [0.1, 0.15) is 11.1 Å². The summed E-state index contributed by atoms with van der Waals surface area (Å²) in [6.45, 7) is -0.988. The number of hydrogen-bond donors (Lipinski definition) is 1. The first-order chi connectivity index (χ1) is 15.5. The van der Waals surface area contributed by atoms with Gasteiger partial charge in [0.05, 0.1) is 17.0 Å². The van der Waals surface area contributed by atoms with Gasteiger partial charge in [0.1, 0.15) is 11.6 Å². The van der Waals surface area contributed by atoms with Gasteiger partial charge >= 0.3 is 6.18 Å². The van der Waals surface area contributed by atoms with Crippen molar-refractivity contribution in [3.05, 3.63) is 95.6 Å². The predicted octanol–water partition coefficient (Wildman–Crippen LogP) is 4.81. The molecule has 0 fully saturated rings. The van der Waals surface area contributed by atoms with Crippen molar-refractivity contribution in [3.63, 3.8) is 0 Å². The molecule has 0 atom stereocenters. The van der Waals surface area contributed by atoms with Crippen LogP contribution in [0.15, 0.2) is 77.7 Å². The summed E-state index contributed by atoms with van der Waals surface area (Å²) in [5.74, 6) is -3.11. The van der Waals surface area contributed by atoms with Crippen LogP contribution in [-0.2, 0) is 27.5 Å². The largest absolute Gasteiger partial charge is 0.419 e. The van der Waals surface area contributed by atoms with Crippen LogP contribution in [0.2, 0.25) is 0 Å². The number of benzene rings is 3. The van der Waals surface area contributed by atoms with Crippen LogP contribution >= 0.6 is 0 Å². The fraction of sp³-hybridized carbons (Fsp3) is 0.136. The Morgan fingerprint density at radius 1 is 0.909 bits per heavy atom. The molecule has 0 saturated carbocycles. The third-order valence-electron chi connectivity index (χ3n) is 4.53. The van der Waals surface area contributed by atoms with Gasteiger partial charge in [-0.2, -0.15) is 17.5 Å². The van der Waals surface area contributed by atoms with Gasteiger partial charge in [-0.15, -0.1) is 0 Å². The van der Waals surface area contributed by atoms with E-state index in [9.17, 15) is 35.2 Å². The summed E-state index contributed by atoms with van der Waals surface area (Å²) < 4.78 is 92.5. The summed E-state index contributed by atoms with van der Waals surface area (Å²) in [5, 5.41) is 2.16.